The summed E-state index contributed by atoms with van der Waals surface area (Å²) in [6.07, 6.45) is -0.159. The fourth-order valence-electron chi connectivity index (χ4n) is 0.675. The summed E-state index contributed by atoms with van der Waals surface area (Å²) < 4.78 is 24.9. The first kappa shape index (κ1) is 14.6. The van der Waals surface area contributed by atoms with E-state index in [0.717, 1.165) is 6.26 Å². The van der Waals surface area contributed by atoms with Crippen LogP contribution in [0.15, 0.2) is 12.8 Å². The summed E-state index contributed by atoms with van der Waals surface area (Å²) in [5, 5.41) is 8.91. The molecule has 0 aromatic heterocycles. The van der Waals surface area contributed by atoms with E-state index in [4.69, 9.17) is 14.7 Å². The summed E-state index contributed by atoms with van der Waals surface area (Å²) in [6, 6.07) is 0. The number of phosphoric acid groups is 1. The molecule has 0 bridgehead atoms. The number of aliphatic hydroxyl groups excluding tert-OH is 1. The molecule has 0 aliphatic carbocycles. The highest BCUT2D eigenvalue weighted by Crippen LogP contribution is 2.43. The van der Waals surface area contributed by atoms with E-state index in [1.54, 1.807) is 13.8 Å². The van der Waals surface area contributed by atoms with E-state index in [1.165, 1.54) is 0 Å². The lowest BCUT2D eigenvalue weighted by atomic mass is 10.4. The molecule has 3 atom stereocenters. The molecule has 0 rings (SSSR count). The largest absolute Gasteiger partial charge is 0.526 e. The second-order valence-electron chi connectivity index (χ2n) is 3.03. The molecule has 0 amide bonds. The highest BCUT2D eigenvalue weighted by atomic mass is 31.2. The van der Waals surface area contributed by atoms with Gasteiger partial charge in [0, 0.05) is 0 Å². The van der Waals surface area contributed by atoms with Gasteiger partial charge in [0.25, 0.3) is 0 Å². The van der Waals surface area contributed by atoms with E-state index >= 15 is 0 Å². The highest BCUT2D eigenvalue weighted by molar-refractivity contribution is 7.47. The molecular weight excluding hydrogens is 223 g/mol. The molecule has 6 nitrogen and oxygen atoms in total. The molecule has 15 heavy (non-hydrogen) atoms. The van der Waals surface area contributed by atoms with Gasteiger partial charge < -0.3 is 14.4 Å². The van der Waals surface area contributed by atoms with Crippen LogP contribution in [0.1, 0.15) is 13.8 Å². The van der Waals surface area contributed by atoms with Crippen molar-refractivity contribution in [2.24, 2.45) is 0 Å². The molecule has 0 aromatic rings. The number of ether oxygens (including phenoxy) is 1. The Morgan fingerprint density at radius 1 is 1.47 bits per heavy atom. The molecule has 0 radical (unpaired) electrons. The van der Waals surface area contributed by atoms with E-state index in [1.807, 2.05) is 0 Å². The Hall–Kier alpha value is -0.390. The highest BCUT2D eigenvalue weighted by Gasteiger charge is 2.21. The van der Waals surface area contributed by atoms with Crippen molar-refractivity contribution in [1.29, 1.82) is 0 Å². The van der Waals surface area contributed by atoms with Crippen LogP contribution < -0.4 is 0 Å². The average Bonchev–Trinajstić information content (AvgIpc) is 2.11. The van der Waals surface area contributed by atoms with Crippen molar-refractivity contribution < 1.29 is 28.3 Å². The van der Waals surface area contributed by atoms with Crippen molar-refractivity contribution in [3.8, 4) is 0 Å². The Morgan fingerprint density at radius 3 is 2.53 bits per heavy atom. The predicted molar refractivity (Wildman–Crippen MR) is 54.2 cm³/mol. The van der Waals surface area contributed by atoms with Crippen molar-refractivity contribution >= 4 is 7.82 Å². The van der Waals surface area contributed by atoms with Crippen LogP contribution in [0.5, 0.6) is 0 Å². The summed E-state index contributed by atoms with van der Waals surface area (Å²) in [4.78, 5) is 8.98. The Bertz CT molecular complexity index is 229. The van der Waals surface area contributed by atoms with Gasteiger partial charge in [-0.15, -0.1) is 0 Å². The van der Waals surface area contributed by atoms with Crippen LogP contribution in [0.3, 0.4) is 0 Å². The monoisotopic (exact) mass is 240 g/mol. The van der Waals surface area contributed by atoms with Gasteiger partial charge >= 0.3 is 7.82 Å². The number of phosphoric ester groups is 1. The third kappa shape index (κ3) is 8.59. The first-order valence-corrected chi connectivity index (χ1v) is 5.93. The topological polar surface area (TPSA) is 85.2 Å². The Balaban J connectivity index is 3.74. The van der Waals surface area contributed by atoms with Crippen molar-refractivity contribution in [1.82, 2.24) is 0 Å². The quantitative estimate of drug-likeness (QED) is 0.487. The molecule has 0 aliphatic heterocycles. The van der Waals surface area contributed by atoms with Crippen molar-refractivity contribution in [3.05, 3.63) is 12.8 Å². The summed E-state index contributed by atoms with van der Waals surface area (Å²) in [6.45, 7) is 6.40. The lowest BCUT2D eigenvalue weighted by Crippen LogP contribution is -2.21. The Kier molecular flexibility index (Phi) is 6.80. The molecule has 0 aliphatic rings. The maximum absolute atomic E-state index is 11.0. The second kappa shape index (κ2) is 6.98. The lowest BCUT2D eigenvalue weighted by molar-refractivity contribution is -0.0177. The maximum Gasteiger partial charge on any atom is 0.526 e. The maximum atomic E-state index is 11.0. The molecule has 0 heterocycles. The normalized spacial score (nSPS) is 18.9. The SMILES string of the molecule is C=COP(=O)(O)OCC(C)OCC(C)O. The molecule has 2 N–H and O–H groups in total. The number of hydrogen-bond donors (Lipinski definition) is 2. The smallest absolute Gasteiger partial charge is 0.413 e. The zero-order valence-electron chi connectivity index (χ0n) is 8.83. The van der Waals surface area contributed by atoms with Crippen molar-refractivity contribution in [2.45, 2.75) is 26.1 Å². The van der Waals surface area contributed by atoms with E-state index < -0.39 is 20.0 Å². The summed E-state index contributed by atoms with van der Waals surface area (Å²) in [7, 11) is -4.05. The molecule has 0 fully saturated rings. The molecule has 3 unspecified atom stereocenters. The zero-order valence-corrected chi connectivity index (χ0v) is 9.72. The van der Waals surface area contributed by atoms with Crippen LogP contribution in [0, 0.1) is 0 Å². The van der Waals surface area contributed by atoms with Crippen molar-refractivity contribution in [2.75, 3.05) is 13.2 Å². The van der Waals surface area contributed by atoms with Gasteiger partial charge in [0.15, 0.2) is 0 Å². The van der Waals surface area contributed by atoms with Crippen LogP contribution in [0.25, 0.3) is 0 Å². The van der Waals surface area contributed by atoms with Crippen LogP contribution in [-0.2, 0) is 18.3 Å². The third-order valence-corrected chi connectivity index (χ3v) is 2.19. The van der Waals surface area contributed by atoms with Gasteiger partial charge in [-0.05, 0) is 13.8 Å². The zero-order chi connectivity index (χ0) is 11.9. The fourth-order valence-corrected chi connectivity index (χ4v) is 1.32. The number of hydrogen-bond acceptors (Lipinski definition) is 5. The molecule has 0 saturated heterocycles. The van der Waals surface area contributed by atoms with E-state index in [9.17, 15) is 4.57 Å². The molecule has 0 spiro atoms. The minimum absolute atomic E-state index is 0.103. The molecule has 90 valence electrons. The second-order valence-corrected chi connectivity index (χ2v) is 4.44. The summed E-state index contributed by atoms with van der Waals surface area (Å²) in [5.74, 6) is 0. The van der Waals surface area contributed by atoms with Crippen LogP contribution in [0.4, 0.5) is 0 Å². The number of rotatable bonds is 8. The van der Waals surface area contributed by atoms with Crippen LogP contribution >= 0.6 is 7.82 Å². The molecule has 0 aromatic carbocycles. The molecule has 7 heteroatoms. The molecular formula is C8H17O6P. The Morgan fingerprint density at radius 2 is 2.07 bits per heavy atom. The summed E-state index contributed by atoms with van der Waals surface area (Å²) >= 11 is 0. The van der Waals surface area contributed by atoms with Gasteiger partial charge in [-0.2, -0.15) is 0 Å². The minimum atomic E-state index is -4.05. The average molecular weight is 240 g/mol. The Labute approximate surface area is 89.1 Å². The van der Waals surface area contributed by atoms with E-state index in [-0.39, 0.29) is 13.2 Å². The first-order chi connectivity index (χ1) is 6.87. The van der Waals surface area contributed by atoms with E-state index in [0.29, 0.717) is 0 Å². The number of aliphatic hydroxyl groups is 1. The van der Waals surface area contributed by atoms with Crippen LogP contribution in [0.2, 0.25) is 0 Å². The van der Waals surface area contributed by atoms with Gasteiger partial charge in [-0.3, -0.25) is 9.42 Å². The van der Waals surface area contributed by atoms with E-state index in [2.05, 4.69) is 15.6 Å². The van der Waals surface area contributed by atoms with Gasteiger partial charge in [0.05, 0.1) is 31.7 Å². The standard InChI is InChI=1S/C8H17O6P/c1-4-13-15(10,11)14-6-8(3)12-5-7(2)9/h4,7-9H,1,5-6H2,2-3H3,(H,10,11). The third-order valence-electron chi connectivity index (χ3n) is 1.30. The summed E-state index contributed by atoms with van der Waals surface area (Å²) in [5.41, 5.74) is 0. The predicted octanol–water partition coefficient (Wildman–Crippen LogP) is 1.05. The van der Waals surface area contributed by atoms with Gasteiger partial charge in [0.2, 0.25) is 0 Å². The van der Waals surface area contributed by atoms with Gasteiger partial charge in [-0.25, -0.2) is 4.57 Å². The lowest BCUT2D eigenvalue weighted by Gasteiger charge is -2.16. The minimum Gasteiger partial charge on any atom is -0.413 e. The van der Waals surface area contributed by atoms with Crippen molar-refractivity contribution in [3.63, 3.8) is 0 Å². The fraction of sp³-hybridized carbons (Fsp3) is 0.750. The van der Waals surface area contributed by atoms with Gasteiger partial charge in [0.1, 0.15) is 0 Å². The van der Waals surface area contributed by atoms with Gasteiger partial charge in [-0.1, -0.05) is 6.58 Å². The van der Waals surface area contributed by atoms with Crippen LogP contribution in [-0.4, -0.2) is 35.4 Å². The molecule has 0 saturated carbocycles. The first-order valence-electron chi connectivity index (χ1n) is 4.43.